The second kappa shape index (κ2) is 3.03. The molecule has 54 valence electrons. The van der Waals surface area contributed by atoms with Crippen LogP contribution in [0.15, 0.2) is 29.2 Å². The predicted molar refractivity (Wildman–Crippen MR) is 40.5 cm³/mol. The van der Waals surface area contributed by atoms with E-state index in [1.807, 2.05) is 0 Å². The first-order chi connectivity index (χ1) is 4.72. The smallest absolute Gasteiger partial charge is 0.0257 e. The summed E-state index contributed by atoms with van der Waals surface area (Å²) < 4.78 is 17.4. The largest absolute Gasteiger partial charge is 0.440 e. The van der Waals surface area contributed by atoms with Gasteiger partial charge < -0.3 is 8.99 Å². The molecule has 10 heavy (non-hydrogen) atoms. The molecule has 1 aromatic carbocycles. The molecule has 1 rings (SSSR count). The summed E-state index contributed by atoms with van der Waals surface area (Å²) >= 11 is 5.61. The van der Waals surface area contributed by atoms with E-state index in [9.17, 15) is 4.21 Å². The lowest BCUT2D eigenvalue weighted by molar-refractivity contribution is 0.599. The minimum absolute atomic E-state index is 0.365. The van der Waals surface area contributed by atoms with Gasteiger partial charge >= 0.3 is 0 Å². The number of hydrogen-bond acceptors (Lipinski definition) is 3. The van der Waals surface area contributed by atoms with E-state index in [-0.39, 0.29) is 0 Å². The van der Waals surface area contributed by atoms with Crippen molar-refractivity contribution in [2.24, 2.45) is 0 Å². The van der Waals surface area contributed by atoms with Gasteiger partial charge in [-0.05, 0) is 6.07 Å². The van der Waals surface area contributed by atoms with Gasteiger partial charge in [0, 0.05) is 5.02 Å². The predicted octanol–water partition coefficient (Wildman–Crippen LogP) is 2.43. The van der Waals surface area contributed by atoms with Crippen LogP contribution in [0, 0.1) is 4.78 Å². The van der Waals surface area contributed by atoms with Crippen molar-refractivity contribution in [2.45, 2.75) is 4.90 Å². The van der Waals surface area contributed by atoms with Gasteiger partial charge in [0.05, 0.1) is 0 Å². The van der Waals surface area contributed by atoms with E-state index in [1.54, 1.807) is 24.3 Å². The summed E-state index contributed by atoms with van der Waals surface area (Å²) in [6.07, 6.45) is 0. The lowest BCUT2D eigenvalue weighted by Crippen LogP contribution is -1.76. The van der Waals surface area contributed by atoms with Gasteiger partial charge in [-0.15, -0.1) is 0 Å². The van der Waals surface area contributed by atoms with E-state index in [0.717, 1.165) is 0 Å². The highest BCUT2D eigenvalue weighted by Gasteiger charge is 1.87. The maximum Gasteiger partial charge on any atom is 0.0257 e. The molecule has 0 heterocycles. The van der Waals surface area contributed by atoms with Gasteiger partial charge in [0.15, 0.2) is 0 Å². The fourth-order valence-electron chi connectivity index (χ4n) is 0.595. The molecule has 4 heteroatoms. The Kier molecular flexibility index (Phi) is 2.29. The lowest BCUT2D eigenvalue weighted by Gasteiger charge is -2.02. The summed E-state index contributed by atoms with van der Waals surface area (Å²) in [5.41, 5.74) is 0. The van der Waals surface area contributed by atoms with Crippen LogP contribution in [0.1, 0.15) is 0 Å². The zero-order valence-corrected chi connectivity index (χ0v) is 6.58. The van der Waals surface area contributed by atoms with Crippen LogP contribution in [0.3, 0.4) is 0 Å². The average molecular weight is 175 g/mol. The average Bonchev–Trinajstić information content (AvgIpc) is 1.88. The highest BCUT2D eigenvalue weighted by Crippen LogP contribution is 2.15. The van der Waals surface area contributed by atoms with Crippen LogP contribution in [0.2, 0.25) is 5.02 Å². The maximum absolute atomic E-state index is 10.6. The van der Waals surface area contributed by atoms with Crippen LogP contribution in [0.25, 0.3) is 0 Å². The number of halogens is 1. The molecule has 0 aliphatic carbocycles. The first-order valence-corrected chi connectivity index (χ1v) is 4.12. The van der Waals surface area contributed by atoms with E-state index < -0.39 is 10.6 Å². The van der Waals surface area contributed by atoms with Crippen molar-refractivity contribution in [3.63, 3.8) is 0 Å². The van der Waals surface area contributed by atoms with Crippen LogP contribution < -0.4 is 0 Å². The Balaban J connectivity index is 3.28. The summed E-state index contributed by atoms with van der Waals surface area (Å²) in [5, 5.41) is 0.385. The van der Waals surface area contributed by atoms with Gasteiger partial charge in [-0.2, -0.15) is 10.6 Å². The molecule has 1 aromatic rings. The number of rotatable bonds is 1. The van der Waals surface area contributed by atoms with Gasteiger partial charge in [-0.1, -0.05) is 34.7 Å². The minimum Gasteiger partial charge on any atom is -0.440 e. The molecular formula is C6H5ClNOS-. The fraction of sp³-hybridized carbons (Fsp3) is 0. The Morgan fingerprint density at radius 3 is 2.40 bits per heavy atom. The minimum atomic E-state index is -1.72. The highest BCUT2D eigenvalue weighted by atomic mass is 35.5. The van der Waals surface area contributed by atoms with E-state index in [2.05, 4.69) is 0 Å². The molecule has 2 nitrogen and oxygen atoms in total. The van der Waals surface area contributed by atoms with Crippen molar-refractivity contribution in [3.05, 3.63) is 29.3 Å². The molecular weight excluding hydrogens is 170 g/mol. The molecule has 0 saturated carbocycles. The molecule has 0 spiro atoms. The van der Waals surface area contributed by atoms with Crippen molar-refractivity contribution in [1.82, 2.24) is 0 Å². The van der Waals surface area contributed by atoms with Crippen molar-refractivity contribution >= 4 is 22.2 Å². The monoisotopic (exact) mass is 174 g/mol. The summed E-state index contributed by atoms with van der Waals surface area (Å²) in [6.45, 7) is 0. The standard InChI is InChI=1S/C6H5ClNOS/c7-5-3-1-2-4-6(5)10(8)9/h1-4,8H/q-1. The van der Waals surface area contributed by atoms with E-state index in [4.69, 9.17) is 16.4 Å². The van der Waals surface area contributed by atoms with Crippen LogP contribution in [-0.4, -0.2) is 0 Å². The molecule has 0 aliphatic heterocycles. The van der Waals surface area contributed by atoms with Crippen LogP contribution in [0.5, 0.6) is 0 Å². The van der Waals surface area contributed by atoms with E-state index in [1.165, 1.54) is 0 Å². The first kappa shape index (κ1) is 7.57. The molecule has 0 unspecified atom stereocenters. The fourth-order valence-corrected chi connectivity index (χ4v) is 1.39. The van der Waals surface area contributed by atoms with Crippen LogP contribution in [0.4, 0.5) is 0 Å². The molecule has 0 saturated heterocycles. The van der Waals surface area contributed by atoms with Gasteiger partial charge in [-0.25, -0.2) is 0 Å². The molecule has 0 radical (unpaired) electrons. The summed E-state index contributed by atoms with van der Waals surface area (Å²) in [6, 6.07) is 6.63. The first-order valence-electron chi connectivity index (χ1n) is 2.59. The molecule has 0 fully saturated rings. The normalized spacial score (nSPS) is 10.2. The second-order valence-corrected chi connectivity index (χ2v) is 3.08. The molecule has 0 bridgehead atoms. The lowest BCUT2D eigenvalue weighted by atomic mass is 10.4. The molecule has 0 aliphatic rings. The molecule has 0 atom stereocenters. The maximum atomic E-state index is 10.6. The second-order valence-electron chi connectivity index (χ2n) is 1.70. The zero-order valence-electron chi connectivity index (χ0n) is 5.00. The quantitative estimate of drug-likeness (QED) is 0.653. The Hall–Kier alpha value is -0.540. The van der Waals surface area contributed by atoms with Crippen molar-refractivity contribution < 1.29 is 4.21 Å². The van der Waals surface area contributed by atoms with Crippen molar-refractivity contribution in [1.29, 1.82) is 4.78 Å². The highest BCUT2D eigenvalue weighted by molar-refractivity contribution is 7.73. The van der Waals surface area contributed by atoms with E-state index in [0.29, 0.717) is 9.92 Å². The molecule has 0 amide bonds. The van der Waals surface area contributed by atoms with Crippen molar-refractivity contribution in [2.75, 3.05) is 0 Å². The SMILES string of the molecule is N=[S-](=O)c1ccccc1Cl. The summed E-state index contributed by atoms with van der Waals surface area (Å²) in [7, 11) is -1.72. The van der Waals surface area contributed by atoms with Gasteiger partial charge in [0.2, 0.25) is 0 Å². The van der Waals surface area contributed by atoms with Gasteiger partial charge in [-0.3, -0.25) is 0 Å². The van der Waals surface area contributed by atoms with Crippen LogP contribution in [-0.2, 0) is 14.8 Å². The Labute approximate surface area is 65.8 Å². The summed E-state index contributed by atoms with van der Waals surface area (Å²) in [4.78, 5) is 0.365. The Bertz CT molecular complexity index is 300. The van der Waals surface area contributed by atoms with Crippen molar-refractivity contribution in [3.8, 4) is 0 Å². The molecule has 1 N–H and O–H groups in total. The molecule has 0 aromatic heterocycles. The number of nitrogens with one attached hydrogen (secondary N) is 1. The topological polar surface area (TPSA) is 40.9 Å². The third-order valence-corrected chi connectivity index (χ3v) is 2.23. The number of hydrogen-bond donors (Lipinski definition) is 1. The third-order valence-electron chi connectivity index (χ3n) is 1.04. The zero-order chi connectivity index (χ0) is 7.56. The number of benzene rings is 1. The van der Waals surface area contributed by atoms with Gasteiger partial charge in [0.25, 0.3) is 0 Å². The third kappa shape index (κ3) is 1.49. The Morgan fingerprint density at radius 2 is 2.00 bits per heavy atom. The Morgan fingerprint density at radius 1 is 1.40 bits per heavy atom. The van der Waals surface area contributed by atoms with Gasteiger partial charge in [0.1, 0.15) is 0 Å². The summed E-state index contributed by atoms with van der Waals surface area (Å²) in [5.74, 6) is 0. The van der Waals surface area contributed by atoms with Crippen LogP contribution >= 0.6 is 11.6 Å². The van der Waals surface area contributed by atoms with E-state index >= 15 is 0 Å².